The second kappa shape index (κ2) is 11.4. The van der Waals surface area contributed by atoms with Crippen molar-refractivity contribution in [2.75, 3.05) is 44.6 Å². The van der Waals surface area contributed by atoms with Crippen molar-refractivity contribution in [3.8, 4) is 17.0 Å². The van der Waals surface area contributed by atoms with E-state index in [-0.39, 0.29) is 12.3 Å². The number of piperazine rings is 1. The molecule has 7 nitrogen and oxygen atoms in total. The van der Waals surface area contributed by atoms with Crippen molar-refractivity contribution in [2.24, 2.45) is 0 Å². The van der Waals surface area contributed by atoms with Crippen LogP contribution in [0.25, 0.3) is 11.3 Å². The first-order valence-electron chi connectivity index (χ1n) is 10.7. The molecule has 1 fully saturated rings. The minimum absolute atomic E-state index is 0.116. The Morgan fingerprint density at radius 3 is 2.97 bits per heavy atom. The molecule has 1 saturated heterocycles. The van der Waals surface area contributed by atoms with Crippen LogP contribution in [0.3, 0.4) is 0 Å². The summed E-state index contributed by atoms with van der Waals surface area (Å²) in [5.41, 5.74) is 2.52. The average Bonchev–Trinajstić information content (AvgIpc) is 3.26. The van der Waals surface area contributed by atoms with E-state index >= 15 is 0 Å². The third kappa shape index (κ3) is 6.74. The van der Waals surface area contributed by atoms with Crippen LogP contribution < -0.4 is 15.4 Å². The average molecular weight is 472 g/mol. The number of anilines is 1. The van der Waals surface area contributed by atoms with Crippen LogP contribution in [0.5, 0.6) is 5.75 Å². The second-order valence-corrected chi connectivity index (χ2v) is 8.82. The zero-order valence-electron chi connectivity index (χ0n) is 17.7. The van der Waals surface area contributed by atoms with E-state index in [1.807, 2.05) is 35.7 Å². The maximum Gasteiger partial charge on any atom is 0.230 e. The van der Waals surface area contributed by atoms with Gasteiger partial charge in [0.05, 0.1) is 18.7 Å². The van der Waals surface area contributed by atoms with E-state index in [1.54, 1.807) is 12.3 Å². The molecule has 0 bridgehead atoms. The Hall–Kier alpha value is -2.52. The number of amides is 1. The molecule has 2 N–H and O–H groups in total. The third-order valence-electron chi connectivity index (χ3n) is 5.13. The number of carbonyl (C=O) groups excluding carboxylic acids is 1. The zero-order valence-corrected chi connectivity index (χ0v) is 19.3. The number of ether oxygens (including phenoxy) is 1. The summed E-state index contributed by atoms with van der Waals surface area (Å²) in [4.78, 5) is 23.4. The standard InChI is InChI=1S/C23H26ClN5O2S/c24-21-15-18(5-6-26-21)20-16-32-23(27-20)28-22(30)14-17-3-1-4-19(13-17)31-12-2-9-29-10-7-25-8-11-29/h1,3-6,13,15-16,25H,2,7-12,14H2,(H,27,28,30). The van der Waals surface area contributed by atoms with Crippen molar-refractivity contribution in [2.45, 2.75) is 12.8 Å². The third-order valence-corrected chi connectivity index (χ3v) is 6.10. The summed E-state index contributed by atoms with van der Waals surface area (Å²) in [7, 11) is 0. The Morgan fingerprint density at radius 1 is 1.25 bits per heavy atom. The molecule has 1 aliphatic heterocycles. The van der Waals surface area contributed by atoms with Gasteiger partial charge < -0.3 is 20.3 Å². The number of nitrogens with zero attached hydrogens (tertiary/aromatic N) is 3. The highest BCUT2D eigenvalue weighted by molar-refractivity contribution is 7.14. The summed E-state index contributed by atoms with van der Waals surface area (Å²) in [6.07, 6.45) is 2.88. The normalized spacial score (nSPS) is 14.3. The van der Waals surface area contributed by atoms with Crippen LogP contribution in [-0.2, 0) is 11.2 Å². The van der Waals surface area contributed by atoms with Gasteiger partial charge in [-0.15, -0.1) is 11.3 Å². The summed E-state index contributed by atoms with van der Waals surface area (Å²) in [5, 5.41) is 9.08. The van der Waals surface area contributed by atoms with Crippen LogP contribution >= 0.6 is 22.9 Å². The van der Waals surface area contributed by atoms with E-state index in [2.05, 4.69) is 25.5 Å². The molecule has 0 atom stereocenters. The van der Waals surface area contributed by atoms with E-state index in [1.165, 1.54) is 11.3 Å². The summed E-state index contributed by atoms with van der Waals surface area (Å²) in [6.45, 7) is 6.03. The first kappa shape index (κ1) is 22.7. The van der Waals surface area contributed by atoms with Gasteiger partial charge in [0.1, 0.15) is 10.9 Å². The number of benzene rings is 1. The molecule has 4 rings (SSSR count). The van der Waals surface area contributed by atoms with Crippen LogP contribution in [0.1, 0.15) is 12.0 Å². The van der Waals surface area contributed by atoms with Crippen molar-refractivity contribution in [1.29, 1.82) is 0 Å². The van der Waals surface area contributed by atoms with Gasteiger partial charge in [0.15, 0.2) is 5.13 Å². The Bertz CT molecular complexity index is 1040. The van der Waals surface area contributed by atoms with Gasteiger partial charge in [-0.05, 0) is 36.2 Å². The van der Waals surface area contributed by atoms with Gasteiger partial charge in [-0.3, -0.25) is 4.79 Å². The smallest absolute Gasteiger partial charge is 0.230 e. The number of hydrogen-bond donors (Lipinski definition) is 2. The highest BCUT2D eigenvalue weighted by Gasteiger charge is 2.11. The van der Waals surface area contributed by atoms with E-state index < -0.39 is 0 Å². The minimum atomic E-state index is -0.116. The molecule has 168 valence electrons. The van der Waals surface area contributed by atoms with Crippen molar-refractivity contribution in [3.63, 3.8) is 0 Å². The van der Waals surface area contributed by atoms with E-state index in [0.717, 1.165) is 61.7 Å². The van der Waals surface area contributed by atoms with E-state index in [9.17, 15) is 4.79 Å². The van der Waals surface area contributed by atoms with Gasteiger partial charge in [-0.1, -0.05) is 23.7 Å². The van der Waals surface area contributed by atoms with Crippen molar-refractivity contribution >= 4 is 34.0 Å². The molecule has 3 aromatic rings. The van der Waals surface area contributed by atoms with Gasteiger partial charge in [0.25, 0.3) is 0 Å². The number of carbonyl (C=O) groups is 1. The highest BCUT2D eigenvalue weighted by Crippen LogP contribution is 2.26. The molecule has 32 heavy (non-hydrogen) atoms. The molecule has 1 aromatic carbocycles. The molecule has 0 spiro atoms. The van der Waals surface area contributed by atoms with E-state index in [0.29, 0.717) is 16.9 Å². The maximum atomic E-state index is 12.5. The molecule has 0 radical (unpaired) electrons. The van der Waals surface area contributed by atoms with Crippen molar-refractivity contribution in [1.82, 2.24) is 20.2 Å². The number of aromatic nitrogens is 2. The van der Waals surface area contributed by atoms with Crippen LogP contribution in [0.2, 0.25) is 5.15 Å². The lowest BCUT2D eigenvalue weighted by atomic mass is 10.1. The number of pyridine rings is 1. The molecular weight excluding hydrogens is 446 g/mol. The molecular formula is C23H26ClN5O2S. The van der Waals surface area contributed by atoms with Gasteiger partial charge in [0.2, 0.25) is 5.91 Å². The summed E-state index contributed by atoms with van der Waals surface area (Å²) in [5.74, 6) is 0.677. The topological polar surface area (TPSA) is 79.4 Å². The number of rotatable bonds is 9. The van der Waals surface area contributed by atoms with Gasteiger partial charge in [-0.25, -0.2) is 9.97 Å². The first-order valence-corrected chi connectivity index (χ1v) is 11.9. The molecule has 9 heteroatoms. The zero-order chi connectivity index (χ0) is 22.2. The molecule has 1 aliphatic rings. The maximum absolute atomic E-state index is 12.5. The predicted molar refractivity (Wildman–Crippen MR) is 129 cm³/mol. The van der Waals surface area contributed by atoms with Gasteiger partial charge in [0, 0.05) is 49.9 Å². The SMILES string of the molecule is O=C(Cc1cccc(OCCCN2CCNCC2)c1)Nc1nc(-c2ccnc(Cl)c2)cs1. The lowest BCUT2D eigenvalue weighted by molar-refractivity contribution is -0.115. The van der Waals surface area contributed by atoms with Gasteiger partial charge in [-0.2, -0.15) is 0 Å². The van der Waals surface area contributed by atoms with Crippen molar-refractivity contribution in [3.05, 3.63) is 58.7 Å². The molecule has 0 aliphatic carbocycles. The van der Waals surface area contributed by atoms with Gasteiger partial charge >= 0.3 is 0 Å². The Kier molecular flexibility index (Phi) is 8.06. The lowest BCUT2D eigenvalue weighted by Crippen LogP contribution is -2.43. The fourth-order valence-electron chi connectivity index (χ4n) is 3.53. The number of hydrogen-bond acceptors (Lipinski definition) is 7. The van der Waals surface area contributed by atoms with Crippen LogP contribution in [0.15, 0.2) is 48.0 Å². The first-order chi connectivity index (χ1) is 15.7. The quantitative estimate of drug-likeness (QED) is 0.366. The predicted octanol–water partition coefficient (Wildman–Crippen LogP) is 3.71. The van der Waals surface area contributed by atoms with Crippen molar-refractivity contribution < 1.29 is 9.53 Å². The fourth-order valence-corrected chi connectivity index (χ4v) is 4.44. The molecule has 3 heterocycles. The van der Waals surface area contributed by atoms with Crippen LogP contribution in [0.4, 0.5) is 5.13 Å². The summed E-state index contributed by atoms with van der Waals surface area (Å²) >= 11 is 7.32. The second-order valence-electron chi connectivity index (χ2n) is 7.57. The summed E-state index contributed by atoms with van der Waals surface area (Å²) < 4.78 is 5.90. The van der Waals surface area contributed by atoms with Crippen LogP contribution in [0, 0.1) is 0 Å². The van der Waals surface area contributed by atoms with E-state index in [4.69, 9.17) is 16.3 Å². The number of halogens is 1. The Morgan fingerprint density at radius 2 is 2.12 bits per heavy atom. The summed E-state index contributed by atoms with van der Waals surface area (Å²) in [6, 6.07) is 11.3. The minimum Gasteiger partial charge on any atom is -0.494 e. The molecule has 0 saturated carbocycles. The molecule has 1 amide bonds. The monoisotopic (exact) mass is 471 g/mol. The molecule has 2 aromatic heterocycles. The number of thiazole rings is 1. The number of nitrogens with one attached hydrogen (secondary N) is 2. The Labute approximate surface area is 196 Å². The molecule has 0 unspecified atom stereocenters. The lowest BCUT2D eigenvalue weighted by Gasteiger charge is -2.26. The van der Waals surface area contributed by atoms with Crippen LogP contribution in [-0.4, -0.2) is 60.1 Å². The Balaban J connectivity index is 1.24. The largest absolute Gasteiger partial charge is 0.494 e. The highest BCUT2D eigenvalue weighted by atomic mass is 35.5. The fraction of sp³-hybridized carbons (Fsp3) is 0.348.